The average molecular weight is 436 g/mol. The Labute approximate surface area is 180 Å². The van der Waals surface area contributed by atoms with Crippen LogP contribution < -0.4 is 10.8 Å². The minimum atomic E-state index is -2.63. The molecule has 156 valence electrons. The highest BCUT2D eigenvalue weighted by Crippen LogP contribution is 2.37. The van der Waals surface area contributed by atoms with Crippen molar-refractivity contribution in [3.63, 3.8) is 0 Å². The molecule has 4 rings (SSSR count). The largest absolute Gasteiger partial charge is 0.397 e. The van der Waals surface area contributed by atoms with Crippen LogP contribution in [0, 0.1) is 5.82 Å². The topological polar surface area (TPSA) is 92.9 Å². The lowest BCUT2D eigenvalue weighted by molar-refractivity contribution is 0.104. The number of halogens is 1. The Morgan fingerprint density at radius 1 is 0.871 bits per heavy atom. The number of nitrogens with zero attached hydrogens (tertiary/aromatic N) is 1. The molecule has 4 aromatic rings. The maximum Gasteiger partial charge on any atom is 0.325 e. The second-order valence-electron chi connectivity index (χ2n) is 6.66. The van der Waals surface area contributed by atoms with Gasteiger partial charge in [0.25, 0.3) is 0 Å². The molecule has 0 fully saturated rings. The zero-order valence-electron chi connectivity index (χ0n) is 16.1. The van der Waals surface area contributed by atoms with E-state index < -0.39 is 17.2 Å². The van der Waals surface area contributed by atoms with Crippen molar-refractivity contribution in [2.24, 2.45) is 0 Å². The standard InChI is InChI=1S/C23H17FN2O4S/c24-16-11-9-15(10-12-16)23(27)19-13-14-21(18-6-2-1-5-17(18)19)26(30-31(28)29)22-8-4-3-7-20(22)25/h1-14H,25H2,(H,28,29). The van der Waals surface area contributed by atoms with Crippen LogP contribution >= 0.6 is 0 Å². The maximum atomic E-state index is 13.3. The third-order valence-electron chi connectivity index (χ3n) is 4.76. The van der Waals surface area contributed by atoms with Gasteiger partial charge in [-0.25, -0.2) is 9.45 Å². The quantitative estimate of drug-likeness (QED) is 0.191. The molecule has 0 aliphatic heterocycles. The highest BCUT2D eigenvalue weighted by atomic mass is 32.2. The molecule has 0 radical (unpaired) electrons. The summed E-state index contributed by atoms with van der Waals surface area (Å²) < 4.78 is 39.3. The van der Waals surface area contributed by atoms with Gasteiger partial charge in [0.2, 0.25) is 0 Å². The Balaban J connectivity index is 1.89. The number of hydrogen-bond acceptors (Lipinski definition) is 5. The first kappa shape index (κ1) is 20.7. The number of hydrogen-bond donors (Lipinski definition) is 2. The van der Waals surface area contributed by atoms with E-state index in [1.807, 2.05) is 0 Å². The van der Waals surface area contributed by atoms with Gasteiger partial charge in [-0.3, -0.25) is 9.35 Å². The first-order chi connectivity index (χ1) is 15.0. The summed E-state index contributed by atoms with van der Waals surface area (Å²) in [6.45, 7) is 0. The molecule has 0 saturated heterocycles. The molecule has 31 heavy (non-hydrogen) atoms. The molecule has 0 amide bonds. The number of carbonyl (C=O) groups excluding carboxylic acids is 1. The van der Waals surface area contributed by atoms with Crippen LogP contribution in [-0.2, 0) is 15.6 Å². The van der Waals surface area contributed by atoms with Gasteiger partial charge >= 0.3 is 11.4 Å². The van der Waals surface area contributed by atoms with E-state index in [1.54, 1.807) is 60.7 Å². The fourth-order valence-electron chi connectivity index (χ4n) is 3.36. The van der Waals surface area contributed by atoms with E-state index >= 15 is 0 Å². The van der Waals surface area contributed by atoms with Gasteiger partial charge in [0.15, 0.2) is 5.78 Å². The number of fused-ring (bicyclic) bond motifs is 1. The second-order valence-corrected chi connectivity index (χ2v) is 7.24. The Bertz CT molecular complexity index is 1290. The van der Waals surface area contributed by atoms with Gasteiger partial charge in [0, 0.05) is 16.5 Å². The van der Waals surface area contributed by atoms with Gasteiger partial charge in [-0.15, -0.1) is 4.28 Å². The molecule has 0 heterocycles. The number of benzene rings is 4. The zero-order valence-corrected chi connectivity index (χ0v) is 16.9. The smallest absolute Gasteiger partial charge is 0.325 e. The van der Waals surface area contributed by atoms with Gasteiger partial charge in [0.1, 0.15) is 5.82 Å². The predicted molar refractivity (Wildman–Crippen MR) is 119 cm³/mol. The molecule has 6 nitrogen and oxygen atoms in total. The summed E-state index contributed by atoms with van der Waals surface area (Å²) in [5, 5.41) is 2.37. The molecule has 3 N–H and O–H groups in total. The van der Waals surface area contributed by atoms with Crippen molar-refractivity contribution in [1.29, 1.82) is 0 Å². The normalized spacial score (nSPS) is 11.9. The fourth-order valence-corrected chi connectivity index (χ4v) is 3.65. The van der Waals surface area contributed by atoms with Crippen LogP contribution in [0.4, 0.5) is 21.5 Å². The number of rotatable bonds is 6. The number of para-hydroxylation sites is 2. The van der Waals surface area contributed by atoms with E-state index in [9.17, 15) is 17.9 Å². The number of nitrogens with two attached hydrogens (primary N) is 1. The lowest BCUT2D eigenvalue weighted by Crippen LogP contribution is -2.20. The van der Waals surface area contributed by atoms with Crippen LogP contribution in [0.25, 0.3) is 10.8 Å². The van der Waals surface area contributed by atoms with Crippen molar-refractivity contribution in [3.05, 3.63) is 102 Å². The summed E-state index contributed by atoms with van der Waals surface area (Å²) in [5.74, 6) is -0.706. The molecule has 0 aliphatic rings. The SMILES string of the molecule is Nc1ccccc1N(OS(=O)O)c1ccc(C(=O)c2ccc(F)cc2)c2ccccc12. The fraction of sp³-hybridized carbons (Fsp3) is 0. The Hall–Kier alpha value is -3.59. The Morgan fingerprint density at radius 2 is 1.52 bits per heavy atom. The first-order valence-corrected chi connectivity index (χ1v) is 10.2. The van der Waals surface area contributed by atoms with Crippen LogP contribution in [-0.4, -0.2) is 14.5 Å². The molecular formula is C23H17FN2O4S. The van der Waals surface area contributed by atoms with Crippen LogP contribution in [0.3, 0.4) is 0 Å². The van der Waals surface area contributed by atoms with E-state index in [4.69, 9.17) is 10.0 Å². The maximum absolute atomic E-state index is 13.3. The van der Waals surface area contributed by atoms with Crippen LogP contribution in [0.1, 0.15) is 15.9 Å². The van der Waals surface area contributed by atoms with E-state index in [0.29, 0.717) is 39.0 Å². The van der Waals surface area contributed by atoms with E-state index in [1.165, 1.54) is 29.3 Å². The van der Waals surface area contributed by atoms with Gasteiger partial charge in [-0.05, 0) is 53.9 Å². The average Bonchev–Trinajstić information content (AvgIpc) is 2.77. The van der Waals surface area contributed by atoms with Crippen molar-refractivity contribution in [2.75, 3.05) is 10.8 Å². The highest BCUT2D eigenvalue weighted by molar-refractivity contribution is 7.74. The number of ketones is 1. The van der Waals surface area contributed by atoms with Crippen LogP contribution in [0.5, 0.6) is 0 Å². The van der Waals surface area contributed by atoms with E-state index in [0.717, 1.165) is 0 Å². The molecule has 4 aromatic carbocycles. The van der Waals surface area contributed by atoms with Crippen LogP contribution in [0.15, 0.2) is 84.9 Å². The zero-order chi connectivity index (χ0) is 22.0. The lowest BCUT2D eigenvalue weighted by Gasteiger charge is -2.24. The van der Waals surface area contributed by atoms with Crippen molar-refractivity contribution in [2.45, 2.75) is 0 Å². The third-order valence-corrected chi connectivity index (χ3v) is 5.04. The van der Waals surface area contributed by atoms with Gasteiger partial charge in [-0.1, -0.05) is 36.4 Å². The van der Waals surface area contributed by atoms with Gasteiger partial charge in [-0.2, -0.15) is 4.21 Å². The molecule has 0 aromatic heterocycles. The third kappa shape index (κ3) is 4.17. The number of anilines is 3. The monoisotopic (exact) mass is 436 g/mol. The molecule has 1 atom stereocenters. The summed E-state index contributed by atoms with van der Waals surface area (Å²) in [6.07, 6.45) is 0. The predicted octanol–water partition coefficient (Wildman–Crippen LogP) is 5.00. The van der Waals surface area contributed by atoms with Gasteiger partial charge < -0.3 is 5.73 Å². The molecule has 0 spiro atoms. The minimum absolute atomic E-state index is 0.278. The first-order valence-electron chi connectivity index (χ1n) is 9.21. The van der Waals surface area contributed by atoms with Crippen molar-refractivity contribution < 1.29 is 22.2 Å². The highest BCUT2D eigenvalue weighted by Gasteiger charge is 2.21. The number of carbonyl (C=O) groups is 1. The van der Waals surface area contributed by atoms with Crippen molar-refractivity contribution in [1.82, 2.24) is 0 Å². The summed E-state index contributed by atoms with van der Waals surface area (Å²) in [6, 6.07) is 22.3. The molecule has 8 heteroatoms. The summed E-state index contributed by atoms with van der Waals surface area (Å²) in [4.78, 5) is 13.1. The minimum Gasteiger partial charge on any atom is -0.397 e. The molecular weight excluding hydrogens is 419 g/mol. The Kier molecular flexibility index (Phi) is 5.77. The van der Waals surface area contributed by atoms with E-state index in [2.05, 4.69) is 0 Å². The second kappa shape index (κ2) is 8.65. The Morgan fingerprint density at radius 3 is 2.19 bits per heavy atom. The molecule has 1 unspecified atom stereocenters. The van der Waals surface area contributed by atoms with Crippen molar-refractivity contribution in [3.8, 4) is 0 Å². The van der Waals surface area contributed by atoms with Gasteiger partial charge in [0.05, 0.1) is 17.1 Å². The summed E-state index contributed by atoms with van der Waals surface area (Å²) >= 11 is -2.63. The summed E-state index contributed by atoms with van der Waals surface area (Å²) in [5.41, 5.74) is 7.93. The molecule has 0 saturated carbocycles. The van der Waals surface area contributed by atoms with E-state index in [-0.39, 0.29) is 5.78 Å². The molecule has 0 bridgehead atoms. The lowest BCUT2D eigenvalue weighted by atomic mass is 9.96. The number of nitrogen functional groups attached to an aromatic ring is 1. The van der Waals surface area contributed by atoms with Crippen LogP contribution in [0.2, 0.25) is 0 Å². The summed E-state index contributed by atoms with van der Waals surface area (Å²) in [7, 11) is 0. The van der Waals surface area contributed by atoms with Crippen molar-refractivity contribution >= 4 is 45.0 Å². The molecule has 0 aliphatic carbocycles.